The number of hydrogen-bond acceptors (Lipinski definition) is 3. The molecule has 0 bridgehead atoms. The Hall–Kier alpha value is -2.30. The molecular formula is C15H19N3O2. The average molecular weight is 273 g/mol. The Balaban J connectivity index is 2.09. The number of aryl methyl sites for hydroxylation is 1. The Morgan fingerprint density at radius 2 is 2.05 bits per heavy atom. The number of ether oxygens (including phenoxy) is 1. The molecule has 0 spiro atoms. The van der Waals surface area contributed by atoms with Crippen molar-refractivity contribution in [1.82, 2.24) is 9.99 Å². The second-order valence-corrected chi connectivity index (χ2v) is 5.58. The summed E-state index contributed by atoms with van der Waals surface area (Å²) in [5.74, 6) is 0. The van der Waals surface area contributed by atoms with Gasteiger partial charge in [0.1, 0.15) is 5.60 Å². The second kappa shape index (κ2) is 5.36. The minimum absolute atomic E-state index is 0.529. The summed E-state index contributed by atoms with van der Waals surface area (Å²) in [5, 5.41) is 5.01. The first-order chi connectivity index (χ1) is 9.37. The normalized spacial score (nSPS) is 12.0. The summed E-state index contributed by atoms with van der Waals surface area (Å²) in [6.07, 6.45) is 3.02. The molecule has 0 fully saturated rings. The summed E-state index contributed by atoms with van der Waals surface area (Å²) in [4.78, 5) is 11.5. The minimum atomic E-state index is -0.561. The topological polar surface area (TPSA) is 55.6 Å². The van der Waals surface area contributed by atoms with Crippen LogP contribution in [0.1, 0.15) is 26.3 Å². The number of rotatable bonds is 2. The van der Waals surface area contributed by atoms with E-state index in [1.165, 1.54) is 0 Å². The number of aromatic nitrogens is 1. The number of benzene rings is 1. The molecule has 0 unspecified atom stereocenters. The van der Waals surface area contributed by atoms with Crippen molar-refractivity contribution in [2.24, 2.45) is 12.1 Å². The first-order valence-electron chi connectivity index (χ1n) is 6.43. The van der Waals surface area contributed by atoms with Crippen LogP contribution in [0.3, 0.4) is 0 Å². The Labute approximate surface area is 118 Å². The summed E-state index contributed by atoms with van der Waals surface area (Å²) in [7, 11) is 1.97. The molecule has 0 aliphatic rings. The van der Waals surface area contributed by atoms with E-state index in [1.807, 2.05) is 42.1 Å². The van der Waals surface area contributed by atoms with Crippen LogP contribution < -0.4 is 5.43 Å². The lowest BCUT2D eigenvalue weighted by atomic mass is 10.2. The lowest BCUT2D eigenvalue weighted by Crippen LogP contribution is -2.29. The fourth-order valence-electron chi connectivity index (χ4n) is 1.93. The Kier molecular flexibility index (Phi) is 3.79. The minimum Gasteiger partial charge on any atom is -0.443 e. The first kappa shape index (κ1) is 14.1. The van der Waals surface area contributed by atoms with Crippen LogP contribution in [0, 0.1) is 0 Å². The highest BCUT2D eigenvalue weighted by Gasteiger charge is 2.15. The van der Waals surface area contributed by atoms with Gasteiger partial charge in [-0.25, -0.2) is 10.2 Å². The van der Waals surface area contributed by atoms with Crippen molar-refractivity contribution >= 4 is 23.2 Å². The van der Waals surface area contributed by atoms with Crippen LogP contribution in [-0.4, -0.2) is 22.5 Å². The van der Waals surface area contributed by atoms with Crippen molar-refractivity contribution in [1.29, 1.82) is 0 Å². The van der Waals surface area contributed by atoms with Crippen molar-refractivity contribution in [3.05, 3.63) is 36.0 Å². The summed E-state index contributed by atoms with van der Waals surface area (Å²) in [5.41, 5.74) is 3.89. The highest BCUT2D eigenvalue weighted by molar-refractivity contribution is 5.99. The number of nitrogens with one attached hydrogen (secondary N) is 1. The third-order valence-electron chi connectivity index (χ3n) is 2.69. The largest absolute Gasteiger partial charge is 0.443 e. The third kappa shape index (κ3) is 3.38. The van der Waals surface area contributed by atoms with Gasteiger partial charge in [-0.1, -0.05) is 18.2 Å². The van der Waals surface area contributed by atoms with Gasteiger partial charge in [0, 0.05) is 29.7 Å². The van der Waals surface area contributed by atoms with Gasteiger partial charge in [0.05, 0.1) is 6.21 Å². The van der Waals surface area contributed by atoms with Gasteiger partial charge >= 0.3 is 6.09 Å². The maximum absolute atomic E-state index is 11.5. The van der Waals surface area contributed by atoms with Gasteiger partial charge < -0.3 is 9.30 Å². The number of fused-ring (bicyclic) bond motifs is 1. The van der Waals surface area contributed by atoms with E-state index in [0.717, 1.165) is 16.5 Å². The molecule has 1 amide bonds. The standard InChI is InChI=1S/C15H19N3O2/c1-15(2,3)20-14(19)17-16-9-11-10-18(4)13-8-6-5-7-12(11)13/h5-10H,1-4H3,(H,17,19)/b16-9-. The molecule has 0 aliphatic carbocycles. The van der Waals surface area contributed by atoms with Crippen LogP contribution in [0.4, 0.5) is 4.79 Å². The van der Waals surface area contributed by atoms with Gasteiger partial charge in [0.2, 0.25) is 0 Å². The van der Waals surface area contributed by atoms with Crippen LogP contribution in [-0.2, 0) is 11.8 Å². The van der Waals surface area contributed by atoms with E-state index in [9.17, 15) is 4.79 Å². The summed E-state index contributed by atoms with van der Waals surface area (Å²) in [6.45, 7) is 5.42. The fraction of sp³-hybridized carbons (Fsp3) is 0.333. The van der Waals surface area contributed by atoms with Crippen LogP contribution >= 0.6 is 0 Å². The maximum Gasteiger partial charge on any atom is 0.428 e. The van der Waals surface area contributed by atoms with Gasteiger partial charge in [-0.15, -0.1) is 0 Å². The van der Waals surface area contributed by atoms with Gasteiger partial charge in [-0.05, 0) is 26.8 Å². The number of hydrogen-bond donors (Lipinski definition) is 1. The number of hydrazone groups is 1. The van der Waals surface area contributed by atoms with Crippen molar-refractivity contribution in [2.75, 3.05) is 0 Å². The third-order valence-corrected chi connectivity index (χ3v) is 2.69. The van der Waals surface area contributed by atoms with E-state index in [0.29, 0.717) is 0 Å². The molecule has 5 heteroatoms. The van der Waals surface area contributed by atoms with Crippen LogP contribution in [0.25, 0.3) is 10.9 Å². The Bertz CT molecular complexity index is 651. The molecular weight excluding hydrogens is 254 g/mol. The molecule has 0 atom stereocenters. The monoisotopic (exact) mass is 273 g/mol. The van der Waals surface area contributed by atoms with Crippen molar-refractivity contribution in [3.63, 3.8) is 0 Å². The SMILES string of the molecule is Cn1cc(/C=N\NC(=O)OC(C)(C)C)c2ccccc21. The number of amides is 1. The van der Waals surface area contributed by atoms with E-state index in [1.54, 1.807) is 27.0 Å². The zero-order valence-electron chi connectivity index (χ0n) is 12.2. The Morgan fingerprint density at radius 1 is 1.35 bits per heavy atom. The zero-order valence-corrected chi connectivity index (χ0v) is 12.2. The fourth-order valence-corrected chi connectivity index (χ4v) is 1.93. The lowest BCUT2D eigenvalue weighted by molar-refractivity contribution is 0.0529. The van der Waals surface area contributed by atoms with E-state index in [4.69, 9.17) is 4.74 Å². The molecule has 20 heavy (non-hydrogen) atoms. The van der Waals surface area contributed by atoms with E-state index < -0.39 is 11.7 Å². The molecule has 1 aromatic carbocycles. The number of carbonyl (C=O) groups excluding carboxylic acids is 1. The molecule has 0 saturated heterocycles. The predicted molar refractivity (Wildman–Crippen MR) is 79.9 cm³/mol. The molecule has 0 radical (unpaired) electrons. The van der Waals surface area contributed by atoms with Crippen LogP contribution in [0.15, 0.2) is 35.6 Å². The summed E-state index contributed by atoms with van der Waals surface area (Å²) < 4.78 is 7.12. The summed E-state index contributed by atoms with van der Waals surface area (Å²) in [6, 6.07) is 8.02. The van der Waals surface area contributed by atoms with Gasteiger partial charge in [0.15, 0.2) is 0 Å². The second-order valence-electron chi connectivity index (χ2n) is 5.58. The smallest absolute Gasteiger partial charge is 0.428 e. The molecule has 0 aliphatic heterocycles. The van der Waals surface area contributed by atoms with Gasteiger partial charge in [-0.2, -0.15) is 5.10 Å². The zero-order chi connectivity index (χ0) is 14.8. The lowest BCUT2D eigenvalue weighted by Gasteiger charge is -2.18. The predicted octanol–water partition coefficient (Wildman–Crippen LogP) is 3.04. The van der Waals surface area contributed by atoms with Gasteiger partial charge in [0.25, 0.3) is 0 Å². The molecule has 1 aromatic heterocycles. The highest BCUT2D eigenvalue weighted by atomic mass is 16.6. The van der Waals surface area contributed by atoms with Crippen LogP contribution in [0.2, 0.25) is 0 Å². The molecule has 2 rings (SSSR count). The number of para-hydroxylation sites is 1. The number of carbonyl (C=O) groups is 1. The molecule has 1 N–H and O–H groups in total. The van der Waals surface area contributed by atoms with Crippen molar-refractivity contribution in [3.8, 4) is 0 Å². The van der Waals surface area contributed by atoms with Crippen molar-refractivity contribution in [2.45, 2.75) is 26.4 Å². The molecule has 2 aromatic rings. The summed E-state index contributed by atoms with van der Waals surface area (Å²) >= 11 is 0. The number of nitrogens with zero attached hydrogens (tertiary/aromatic N) is 2. The Morgan fingerprint density at radius 3 is 2.75 bits per heavy atom. The van der Waals surface area contributed by atoms with E-state index in [2.05, 4.69) is 10.5 Å². The van der Waals surface area contributed by atoms with E-state index >= 15 is 0 Å². The average Bonchev–Trinajstić information content (AvgIpc) is 2.65. The molecule has 0 saturated carbocycles. The molecule has 106 valence electrons. The molecule has 1 heterocycles. The maximum atomic E-state index is 11.5. The molecule has 5 nitrogen and oxygen atoms in total. The van der Waals surface area contributed by atoms with Gasteiger partial charge in [-0.3, -0.25) is 0 Å². The quantitative estimate of drug-likeness (QED) is 0.675. The van der Waals surface area contributed by atoms with E-state index in [-0.39, 0.29) is 0 Å². The highest BCUT2D eigenvalue weighted by Crippen LogP contribution is 2.18. The van der Waals surface area contributed by atoms with Crippen molar-refractivity contribution < 1.29 is 9.53 Å². The first-order valence-corrected chi connectivity index (χ1v) is 6.43. The van der Waals surface area contributed by atoms with Crippen LogP contribution in [0.5, 0.6) is 0 Å².